The second kappa shape index (κ2) is 7.10. The van der Waals surface area contributed by atoms with Gasteiger partial charge in [-0.25, -0.2) is 4.98 Å². The number of nitrogens with zero attached hydrogens (tertiary/aromatic N) is 2. The van der Waals surface area contributed by atoms with Crippen LogP contribution in [0.4, 0.5) is 5.13 Å². The molecule has 2 saturated carbocycles. The summed E-state index contributed by atoms with van der Waals surface area (Å²) in [6, 6.07) is 0.740. The summed E-state index contributed by atoms with van der Waals surface area (Å²) in [6.45, 7) is 7.73. The second-order valence-electron chi connectivity index (χ2n) is 6.48. The fourth-order valence-electron chi connectivity index (χ4n) is 3.42. The zero-order chi connectivity index (χ0) is 14.7. The zero-order valence-electron chi connectivity index (χ0n) is 13.5. The van der Waals surface area contributed by atoms with Crippen molar-refractivity contribution in [3.63, 3.8) is 0 Å². The highest BCUT2D eigenvalue weighted by Gasteiger charge is 2.31. The van der Waals surface area contributed by atoms with Gasteiger partial charge in [-0.15, -0.1) is 11.3 Å². The van der Waals surface area contributed by atoms with E-state index in [1.807, 2.05) is 11.3 Å². The molecule has 0 saturated heterocycles. The summed E-state index contributed by atoms with van der Waals surface area (Å²) in [5.41, 5.74) is 1.41. The van der Waals surface area contributed by atoms with Gasteiger partial charge in [0.2, 0.25) is 0 Å². The Hall–Kier alpha value is -0.610. The average Bonchev–Trinajstić information content (AvgIpc) is 3.03. The molecule has 3 nitrogen and oxygen atoms in total. The van der Waals surface area contributed by atoms with Crippen molar-refractivity contribution < 1.29 is 0 Å². The van der Waals surface area contributed by atoms with Crippen LogP contribution in [0.15, 0.2) is 0 Å². The van der Waals surface area contributed by atoms with Gasteiger partial charge < -0.3 is 10.2 Å². The molecule has 0 spiro atoms. The Morgan fingerprint density at radius 3 is 2.57 bits per heavy atom. The van der Waals surface area contributed by atoms with Crippen molar-refractivity contribution in [2.45, 2.75) is 77.3 Å². The lowest BCUT2D eigenvalue weighted by Crippen LogP contribution is -2.32. The monoisotopic (exact) mass is 307 g/mol. The van der Waals surface area contributed by atoms with Crippen molar-refractivity contribution in [3.05, 3.63) is 10.6 Å². The Morgan fingerprint density at radius 2 is 1.95 bits per heavy atom. The Morgan fingerprint density at radius 1 is 1.19 bits per heavy atom. The van der Waals surface area contributed by atoms with E-state index < -0.39 is 0 Å². The lowest BCUT2D eigenvalue weighted by atomic mass is 10.2. The van der Waals surface area contributed by atoms with Crippen molar-refractivity contribution in [2.24, 2.45) is 0 Å². The van der Waals surface area contributed by atoms with Gasteiger partial charge in [0.25, 0.3) is 0 Å². The number of hydrogen-bond acceptors (Lipinski definition) is 4. The predicted octanol–water partition coefficient (Wildman–Crippen LogP) is 4.29. The van der Waals surface area contributed by atoms with Crippen LogP contribution in [-0.4, -0.2) is 24.1 Å². The number of nitrogens with one attached hydrogen (secondary N) is 1. The van der Waals surface area contributed by atoms with Gasteiger partial charge in [-0.3, -0.25) is 0 Å². The minimum Gasteiger partial charge on any atom is -0.345 e. The van der Waals surface area contributed by atoms with Crippen LogP contribution in [0.1, 0.15) is 75.3 Å². The Kier molecular flexibility index (Phi) is 5.17. The van der Waals surface area contributed by atoms with Gasteiger partial charge in [0, 0.05) is 29.9 Å². The molecular formula is C17H29N3S. The molecule has 2 aliphatic rings. The lowest BCUT2D eigenvalue weighted by molar-refractivity contribution is 0.617. The highest BCUT2D eigenvalue weighted by Crippen LogP contribution is 2.44. The van der Waals surface area contributed by atoms with Crippen LogP contribution in [0.25, 0.3) is 0 Å². The molecule has 4 heteroatoms. The third kappa shape index (κ3) is 3.59. The van der Waals surface area contributed by atoms with E-state index in [-0.39, 0.29) is 0 Å². The summed E-state index contributed by atoms with van der Waals surface area (Å²) in [7, 11) is 0. The number of hydrogen-bond donors (Lipinski definition) is 1. The predicted molar refractivity (Wildman–Crippen MR) is 91.4 cm³/mol. The molecule has 1 heterocycles. The van der Waals surface area contributed by atoms with E-state index in [0.29, 0.717) is 0 Å². The normalized spacial score (nSPS) is 19.3. The summed E-state index contributed by atoms with van der Waals surface area (Å²) < 4.78 is 0. The van der Waals surface area contributed by atoms with E-state index in [4.69, 9.17) is 4.98 Å². The standard InChI is InChI=1S/C17H29N3S/c1-3-11-18-12-15-16(13-9-10-13)19-17(21-15)20(4-2)14-7-5-6-8-14/h13-14,18H,3-12H2,1-2H3. The fraction of sp³-hybridized carbons (Fsp3) is 0.824. The van der Waals surface area contributed by atoms with Crippen LogP contribution in [-0.2, 0) is 6.54 Å². The summed E-state index contributed by atoms with van der Waals surface area (Å²) in [5.74, 6) is 0.760. The van der Waals surface area contributed by atoms with E-state index in [1.165, 1.54) is 60.6 Å². The van der Waals surface area contributed by atoms with Crippen LogP contribution in [0.5, 0.6) is 0 Å². The van der Waals surface area contributed by atoms with Gasteiger partial charge in [-0.05, 0) is 45.6 Å². The van der Waals surface area contributed by atoms with Crippen molar-refractivity contribution >= 4 is 16.5 Å². The highest BCUT2D eigenvalue weighted by molar-refractivity contribution is 7.15. The Balaban J connectivity index is 1.75. The van der Waals surface area contributed by atoms with Crippen LogP contribution in [0, 0.1) is 0 Å². The first kappa shape index (κ1) is 15.3. The summed E-state index contributed by atoms with van der Waals surface area (Å²) in [5, 5.41) is 4.86. The van der Waals surface area contributed by atoms with Gasteiger partial charge in [-0.2, -0.15) is 0 Å². The molecule has 0 amide bonds. The number of thiazole rings is 1. The topological polar surface area (TPSA) is 28.2 Å². The average molecular weight is 308 g/mol. The molecule has 0 aliphatic heterocycles. The largest absolute Gasteiger partial charge is 0.345 e. The maximum atomic E-state index is 5.07. The molecule has 21 heavy (non-hydrogen) atoms. The van der Waals surface area contributed by atoms with Crippen LogP contribution in [0.2, 0.25) is 0 Å². The molecule has 0 aromatic carbocycles. The fourth-order valence-corrected chi connectivity index (χ4v) is 4.67. The molecule has 3 rings (SSSR count). The molecule has 1 N–H and O–H groups in total. The number of rotatable bonds is 8. The zero-order valence-corrected chi connectivity index (χ0v) is 14.3. The summed E-state index contributed by atoms with van der Waals surface area (Å²) in [4.78, 5) is 9.14. The second-order valence-corrected chi connectivity index (χ2v) is 7.54. The van der Waals surface area contributed by atoms with E-state index in [0.717, 1.165) is 31.6 Å². The third-order valence-electron chi connectivity index (χ3n) is 4.74. The first-order valence-corrected chi connectivity index (χ1v) is 9.62. The van der Waals surface area contributed by atoms with E-state index >= 15 is 0 Å². The number of anilines is 1. The van der Waals surface area contributed by atoms with Gasteiger partial charge in [-0.1, -0.05) is 19.8 Å². The van der Waals surface area contributed by atoms with Crippen LogP contribution >= 0.6 is 11.3 Å². The van der Waals surface area contributed by atoms with Gasteiger partial charge in [0.1, 0.15) is 0 Å². The van der Waals surface area contributed by atoms with Crippen molar-refractivity contribution in [3.8, 4) is 0 Å². The van der Waals surface area contributed by atoms with Crippen molar-refractivity contribution in [1.29, 1.82) is 0 Å². The smallest absolute Gasteiger partial charge is 0.186 e. The minimum absolute atomic E-state index is 0.740. The third-order valence-corrected chi connectivity index (χ3v) is 5.85. The maximum Gasteiger partial charge on any atom is 0.186 e. The van der Waals surface area contributed by atoms with Crippen molar-refractivity contribution in [1.82, 2.24) is 10.3 Å². The quantitative estimate of drug-likeness (QED) is 0.726. The Bertz CT molecular complexity index is 447. The molecule has 2 aliphatic carbocycles. The lowest BCUT2D eigenvalue weighted by Gasteiger charge is -2.26. The summed E-state index contributed by atoms with van der Waals surface area (Å²) >= 11 is 1.95. The molecular weight excluding hydrogens is 278 g/mol. The SMILES string of the molecule is CCCNCc1sc(N(CC)C2CCCC2)nc1C1CC1. The first-order valence-electron chi connectivity index (χ1n) is 8.80. The van der Waals surface area contributed by atoms with E-state index in [1.54, 1.807) is 0 Å². The Labute approximate surface area is 133 Å². The number of aromatic nitrogens is 1. The highest BCUT2D eigenvalue weighted by atomic mass is 32.1. The minimum atomic E-state index is 0.740. The summed E-state index contributed by atoms with van der Waals surface area (Å²) in [6.07, 6.45) is 9.40. The molecule has 0 atom stereocenters. The molecule has 1 aromatic heterocycles. The van der Waals surface area contributed by atoms with Gasteiger partial charge in [0.05, 0.1) is 5.69 Å². The van der Waals surface area contributed by atoms with Crippen LogP contribution in [0.3, 0.4) is 0 Å². The van der Waals surface area contributed by atoms with Gasteiger partial charge >= 0.3 is 0 Å². The molecule has 2 fully saturated rings. The molecule has 0 bridgehead atoms. The first-order chi connectivity index (χ1) is 10.3. The maximum absolute atomic E-state index is 5.07. The molecule has 1 aromatic rings. The van der Waals surface area contributed by atoms with E-state index in [2.05, 4.69) is 24.1 Å². The molecule has 0 radical (unpaired) electrons. The molecule has 0 unspecified atom stereocenters. The van der Waals surface area contributed by atoms with Crippen LogP contribution < -0.4 is 10.2 Å². The van der Waals surface area contributed by atoms with Crippen molar-refractivity contribution in [2.75, 3.05) is 18.0 Å². The molecule has 118 valence electrons. The van der Waals surface area contributed by atoms with E-state index in [9.17, 15) is 0 Å². The van der Waals surface area contributed by atoms with Gasteiger partial charge in [0.15, 0.2) is 5.13 Å².